The largest absolute Gasteiger partial charge is 0.399 e. The second-order valence-corrected chi connectivity index (χ2v) is 7.52. The third kappa shape index (κ3) is 3.84. The lowest BCUT2D eigenvalue weighted by Gasteiger charge is -2.16. The molecule has 0 bridgehead atoms. The highest BCUT2D eigenvalue weighted by molar-refractivity contribution is 9.10. The molecular formula is C15H17BrN2O2S. The Labute approximate surface area is 133 Å². The molecule has 0 saturated carbocycles. The van der Waals surface area contributed by atoms with Gasteiger partial charge in [-0.2, -0.15) is 0 Å². The second-order valence-electron chi connectivity index (χ2n) is 4.92. The van der Waals surface area contributed by atoms with Crippen LogP contribution in [0.15, 0.2) is 51.8 Å². The number of hydrogen-bond donors (Lipinski definition) is 2. The van der Waals surface area contributed by atoms with Gasteiger partial charge < -0.3 is 5.73 Å². The van der Waals surface area contributed by atoms with Crippen LogP contribution in [0.2, 0.25) is 0 Å². The van der Waals surface area contributed by atoms with E-state index in [2.05, 4.69) is 20.7 Å². The molecule has 0 spiro atoms. The van der Waals surface area contributed by atoms with Crippen molar-refractivity contribution in [2.24, 2.45) is 0 Å². The maximum absolute atomic E-state index is 12.5. The summed E-state index contributed by atoms with van der Waals surface area (Å²) in [5, 5.41) is 0. The van der Waals surface area contributed by atoms with E-state index in [1.54, 1.807) is 19.1 Å². The van der Waals surface area contributed by atoms with Gasteiger partial charge in [0.15, 0.2) is 0 Å². The van der Waals surface area contributed by atoms with Gasteiger partial charge in [-0.3, -0.25) is 0 Å². The van der Waals surface area contributed by atoms with Gasteiger partial charge in [-0.25, -0.2) is 13.1 Å². The first-order valence-corrected chi connectivity index (χ1v) is 8.71. The van der Waals surface area contributed by atoms with Gasteiger partial charge in [0.05, 0.1) is 4.90 Å². The Morgan fingerprint density at radius 1 is 1.14 bits per heavy atom. The number of nitrogens with two attached hydrogens (primary N) is 1. The fraction of sp³-hybridized carbons (Fsp3) is 0.200. The van der Waals surface area contributed by atoms with Crippen LogP contribution in [0, 0.1) is 6.92 Å². The highest BCUT2D eigenvalue weighted by atomic mass is 79.9. The molecule has 0 amide bonds. The summed E-state index contributed by atoms with van der Waals surface area (Å²) in [5.41, 5.74) is 7.67. The quantitative estimate of drug-likeness (QED) is 0.812. The van der Waals surface area contributed by atoms with E-state index in [1.807, 2.05) is 31.2 Å². The van der Waals surface area contributed by atoms with E-state index in [-0.39, 0.29) is 10.9 Å². The summed E-state index contributed by atoms with van der Waals surface area (Å²) < 4.78 is 28.6. The summed E-state index contributed by atoms with van der Waals surface area (Å²) in [7, 11) is -3.61. The van der Waals surface area contributed by atoms with Crippen LogP contribution in [-0.4, -0.2) is 8.42 Å². The van der Waals surface area contributed by atoms with Gasteiger partial charge in [-0.15, -0.1) is 0 Å². The Hall–Kier alpha value is -1.37. The number of sulfonamides is 1. The molecule has 6 heteroatoms. The Morgan fingerprint density at radius 2 is 1.76 bits per heavy atom. The van der Waals surface area contributed by atoms with Crippen molar-refractivity contribution in [1.82, 2.24) is 4.72 Å². The lowest BCUT2D eigenvalue weighted by Crippen LogP contribution is -2.27. The molecular weight excluding hydrogens is 352 g/mol. The number of nitrogen functional groups attached to an aromatic ring is 1. The van der Waals surface area contributed by atoms with Crippen LogP contribution in [0.5, 0.6) is 0 Å². The van der Waals surface area contributed by atoms with Crippen LogP contribution < -0.4 is 10.5 Å². The first kappa shape index (κ1) is 16.0. The van der Waals surface area contributed by atoms with E-state index in [1.165, 1.54) is 6.07 Å². The normalized spacial score (nSPS) is 13.1. The highest BCUT2D eigenvalue weighted by Crippen LogP contribution is 2.22. The van der Waals surface area contributed by atoms with E-state index in [0.717, 1.165) is 10.0 Å². The first-order chi connectivity index (χ1) is 9.79. The predicted octanol–water partition coefficient (Wildman–Crippen LogP) is 3.38. The summed E-state index contributed by atoms with van der Waals surface area (Å²) in [6, 6.07) is 12.1. The fourth-order valence-corrected chi connectivity index (χ4v) is 3.80. The van der Waals surface area contributed by atoms with E-state index < -0.39 is 10.0 Å². The molecule has 0 aliphatic carbocycles. The molecule has 21 heavy (non-hydrogen) atoms. The van der Waals surface area contributed by atoms with Gasteiger partial charge in [0.25, 0.3) is 0 Å². The standard InChI is InChI=1S/C15H17BrN2O2S/c1-10-3-8-14(17)9-15(10)21(19,20)18-11(2)12-4-6-13(16)7-5-12/h3-9,11,18H,17H2,1-2H3/t11-/m1/s1. The summed E-state index contributed by atoms with van der Waals surface area (Å²) >= 11 is 3.36. The third-order valence-corrected chi connectivity index (χ3v) is 5.42. The Morgan fingerprint density at radius 3 is 2.38 bits per heavy atom. The average Bonchev–Trinajstić information content (AvgIpc) is 2.41. The molecule has 2 aromatic rings. The molecule has 0 fully saturated rings. The lowest BCUT2D eigenvalue weighted by atomic mass is 10.1. The number of benzene rings is 2. The van der Waals surface area contributed by atoms with Crippen LogP contribution in [0.25, 0.3) is 0 Å². The van der Waals surface area contributed by atoms with E-state index >= 15 is 0 Å². The summed E-state index contributed by atoms with van der Waals surface area (Å²) in [4.78, 5) is 0.214. The molecule has 0 aromatic heterocycles. The number of halogens is 1. The summed E-state index contributed by atoms with van der Waals surface area (Å²) in [5.74, 6) is 0. The maximum Gasteiger partial charge on any atom is 0.241 e. The molecule has 0 radical (unpaired) electrons. The lowest BCUT2D eigenvalue weighted by molar-refractivity contribution is 0.566. The van der Waals surface area contributed by atoms with Crippen LogP contribution in [-0.2, 0) is 10.0 Å². The minimum absolute atomic E-state index is 0.214. The number of hydrogen-bond acceptors (Lipinski definition) is 3. The molecule has 2 rings (SSSR count). The summed E-state index contributed by atoms with van der Waals surface area (Å²) in [6.07, 6.45) is 0. The molecule has 0 aliphatic rings. The molecule has 0 saturated heterocycles. The average molecular weight is 369 g/mol. The van der Waals surface area contributed by atoms with Gasteiger partial charge >= 0.3 is 0 Å². The highest BCUT2D eigenvalue weighted by Gasteiger charge is 2.20. The van der Waals surface area contributed by atoms with Gasteiger partial charge in [0, 0.05) is 16.2 Å². The van der Waals surface area contributed by atoms with Crippen molar-refractivity contribution < 1.29 is 8.42 Å². The Balaban J connectivity index is 2.28. The molecule has 4 nitrogen and oxygen atoms in total. The van der Waals surface area contributed by atoms with Gasteiger partial charge in [0.1, 0.15) is 0 Å². The first-order valence-electron chi connectivity index (χ1n) is 6.43. The van der Waals surface area contributed by atoms with Crippen LogP contribution in [0.4, 0.5) is 5.69 Å². The number of aryl methyl sites for hydroxylation is 1. The number of rotatable bonds is 4. The number of anilines is 1. The SMILES string of the molecule is Cc1ccc(N)cc1S(=O)(=O)N[C@H](C)c1ccc(Br)cc1. The molecule has 0 unspecified atom stereocenters. The van der Waals surface area contributed by atoms with E-state index in [4.69, 9.17) is 5.73 Å². The van der Waals surface area contributed by atoms with Crippen LogP contribution >= 0.6 is 15.9 Å². The van der Waals surface area contributed by atoms with Crippen molar-refractivity contribution in [3.63, 3.8) is 0 Å². The van der Waals surface area contributed by atoms with Crippen molar-refractivity contribution in [3.8, 4) is 0 Å². The van der Waals surface area contributed by atoms with Crippen molar-refractivity contribution >= 4 is 31.6 Å². The van der Waals surface area contributed by atoms with Crippen molar-refractivity contribution in [2.45, 2.75) is 24.8 Å². The van der Waals surface area contributed by atoms with Gasteiger partial charge in [-0.1, -0.05) is 34.1 Å². The predicted molar refractivity (Wildman–Crippen MR) is 88.5 cm³/mol. The minimum atomic E-state index is -3.61. The maximum atomic E-state index is 12.5. The van der Waals surface area contributed by atoms with Crippen molar-refractivity contribution in [2.75, 3.05) is 5.73 Å². The zero-order valence-corrected chi connectivity index (χ0v) is 14.2. The van der Waals surface area contributed by atoms with E-state index in [0.29, 0.717) is 11.3 Å². The zero-order valence-electron chi connectivity index (χ0n) is 11.8. The topological polar surface area (TPSA) is 72.2 Å². The van der Waals surface area contributed by atoms with Gasteiger partial charge in [-0.05, 0) is 49.2 Å². The number of nitrogens with one attached hydrogen (secondary N) is 1. The van der Waals surface area contributed by atoms with Gasteiger partial charge in [0.2, 0.25) is 10.0 Å². The van der Waals surface area contributed by atoms with Crippen LogP contribution in [0.3, 0.4) is 0 Å². The third-order valence-electron chi connectivity index (χ3n) is 3.20. The second kappa shape index (κ2) is 6.17. The monoisotopic (exact) mass is 368 g/mol. The van der Waals surface area contributed by atoms with Crippen molar-refractivity contribution in [1.29, 1.82) is 0 Å². The Bertz CT molecular complexity index is 743. The molecule has 112 valence electrons. The molecule has 0 aliphatic heterocycles. The van der Waals surface area contributed by atoms with E-state index in [9.17, 15) is 8.42 Å². The smallest absolute Gasteiger partial charge is 0.241 e. The molecule has 3 N–H and O–H groups in total. The van der Waals surface area contributed by atoms with Crippen molar-refractivity contribution in [3.05, 3.63) is 58.1 Å². The zero-order chi connectivity index (χ0) is 15.6. The van der Waals surface area contributed by atoms with Crippen LogP contribution in [0.1, 0.15) is 24.1 Å². The summed E-state index contributed by atoms with van der Waals surface area (Å²) in [6.45, 7) is 3.56. The molecule has 2 aromatic carbocycles. The minimum Gasteiger partial charge on any atom is -0.399 e. The molecule has 0 heterocycles. The fourth-order valence-electron chi connectivity index (χ4n) is 2.02. The molecule has 1 atom stereocenters. The Kier molecular flexibility index (Phi) is 4.70.